The number of rotatable bonds is 8. The summed E-state index contributed by atoms with van der Waals surface area (Å²) in [5.41, 5.74) is 0. The van der Waals surface area contributed by atoms with E-state index >= 15 is 0 Å². The molecule has 19 heavy (non-hydrogen) atoms. The van der Waals surface area contributed by atoms with Crippen molar-refractivity contribution < 1.29 is 14.7 Å². The molecular weight excluding hydrogens is 244 g/mol. The predicted molar refractivity (Wildman–Crippen MR) is 74.0 cm³/mol. The number of aliphatic carboxylic acids is 1. The molecule has 1 saturated carbocycles. The lowest BCUT2D eigenvalue weighted by molar-refractivity contribution is -0.137. The van der Waals surface area contributed by atoms with E-state index in [1.54, 1.807) is 0 Å². The Morgan fingerprint density at radius 3 is 2.37 bits per heavy atom. The quantitative estimate of drug-likeness (QED) is 0.633. The standard InChI is InChI=1S/C14H26N2O3/c1-4-9(2)7-10(3)15-14(19)16-12(8-13(17)18)11-5-6-11/h9-12H,4-8H2,1-3H3,(H,17,18)(H2,15,16,19). The molecule has 0 aromatic heterocycles. The van der Waals surface area contributed by atoms with Crippen molar-refractivity contribution in [1.29, 1.82) is 0 Å². The summed E-state index contributed by atoms with van der Waals surface area (Å²) in [6.07, 6.45) is 4.08. The molecule has 0 spiro atoms. The topological polar surface area (TPSA) is 78.4 Å². The fourth-order valence-corrected chi connectivity index (χ4v) is 2.29. The second kappa shape index (κ2) is 7.36. The summed E-state index contributed by atoms with van der Waals surface area (Å²) < 4.78 is 0. The van der Waals surface area contributed by atoms with Crippen LogP contribution in [0.5, 0.6) is 0 Å². The van der Waals surface area contributed by atoms with E-state index in [4.69, 9.17) is 5.11 Å². The highest BCUT2D eigenvalue weighted by atomic mass is 16.4. The van der Waals surface area contributed by atoms with Gasteiger partial charge in [-0.3, -0.25) is 4.79 Å². The molecule has 1 fully saturated rings. The van der Waals surface area contributed by atoms with Crippen molar-refractivity contribution in [1.82, 2.24) is 10.6 Å². The van der Waals surface area contributed by atoms with Crippen LogP contribution in [0.15, 0.2) is 0 Å². The van der Waals surface area contributed by atoms with E-state index in [1.807, 2.05) is 6.92 Å². The number of amides is 2. The number of carboxylic acid groups (broad SMARTS) is 1. The average molecular weight is 270 g/mol. The first-order valence-electron chi connectivity index (χ1n) is 7.21. The summed E-state index contributed by atoms with van der Waals surface area (Å²) in [4.78, 5) is 22.6. The van der Waals surface area contributed by atoms with E-state index in [9.17, 15) is 9.59 Å². The van der Waals surface area contributed by atoms with E-state index in [2.05, 4.69) is 24.5 Å². The van der Waals surface area contributed by atoms with Gasteiger partial charge in [0, 0.05) is 12.1 Å². The number of carbonyl (C=O) groups excluding carboxylic acids is 1. The van der Waals surface area contributed by atoms with Crippen LogP contribution in [0.4, 0.5) is 4.79 Å². The molecule has 0 heterocycles. The largest absolute Gasteiger partial charge is 0.481 e. The van der Waals surface area contributed by atoms with E-state index in [0.29, 0.717) is 11.8 Å². The van der Waals surface area contributed by atoms with Gasteiger partial charge in [-0.05, 0) is 38.0 Å². The van der Waals surface area contributed by atoms with Crippen LogP contribution in [0, 0.1) is 11.8 Å². The number of carbonyl (C=O) groups is 2. The molecule has 0 bridgehead atoms. The molecule has 0 aliphatic heterocycles. The van der Waals surface area contributed by atoms with Gasteiger partial charge in [-0.15, -0.1) is 0 Å². The van der Waals surface area contributed by atoms with Crippen molar-refractivity contribution in [3.05, 3.63) is 0 Å². The Kier molecular flexibility index (Phi) is 6.12. The minimum Gasteiger partial charge on any atom is -0.481 e. The van der Waals surface area contributed by atoms with Crippen LogP contribution in [0.1, 0.15) is 52.9 Å². The highest BCUT2D eigenvalue weighted by molar-refractivity contribution is 5.76. The van der Waals surface area contributed by atoms with Gasteiger partial charge in [-0.2, -0.15) is 0 Å². The Morgan fingerprint density at radius 1 is 1.26 bits per heavy atom. The lowest BCUT2D eigenvalue weighted by Gasteiger charge is -2.21. The van der Waals surface area contributed by atoms with Gasteiger partial charge in [0.2, 0.25) is 0 Å². The molecule has 3 atom stereocenters. The molecule has 0 aromatic rings. The average Bonchev–Trinajstić information content (AvgIpc) is 3.10. The highest BCUT2D eigenvalue weighted by Crippen LogP contribution is 2.33. The first kappa shape index (κ1) is 15.8. The molecule has 5 heteroatoms. The second-order valence-electron chi connectivity index (χ2n) is 5.81. The van der Waals surface area contributed by atoms with Gasteiger partial charge in [-0.1, -0.05) is 20.3 Å². The summed E-state index contributed by atoms with van der Waals surface area (Å²) in [5.74, 6) is 0.0603. The SMILES string of the molecule is CCC(C)CC(C)NC(=O)NC(CC(=O)O)C1CC1. The normalized spacial score (nSPS) is 19.3. The highest BCUT2D eigenvalue weighted by Gasteiger charge is 2.33. The summed E-state index contributed by atoms with van der Waals surface area (Å²) in [7, 11) is 0. The van der Waals surface area contributed by atoms with Crippen LogP contribution in [-0.4, -0.2) is 29.2 Å². The maximum Gasteiger partial charge on any atom is 0.315 e. The van der Waals surface area contributed by atoms with Gasteiger partial charge in [0.15, 0.2) is 0 Å². The van der Waals surface area contributed by atoms with Gasteiger partial charge < -0.3 is 15.7 Å². The Hall–Kier alpha value is -1.26. The summed E-state index contributed by atoms with van der Waals surface area (Å²) in [5, 5.41) is 14.5. The number of hydrogen-bond donors (Lipinski definition) is 3. The van der Waals surface area contributed by atoms with E-state index < -0.39 is 5.97 Å². The van der Waals surface area contributed by atoms with Crippen LogP contribution in [0.2, 0.25) is 0 Å². The molecule has 110 valence electrons. The van der Waals surface area contributed by atoms with Crippen LogP contribution in [-0.2, 0) is 4.79 Å². The summed E-state index contributed by atoms with van der Waals surface area (Å²) in [6, 6.07) is -0.359. The molecule has 1 rings (SSSR count). The summed E-state index contributed by atoms with van der Waals surface area (Å²) in [6.45, 7) is 6.27. The smallest absolute Gasteiger partial charge is 0.315 e. The zero-order valence-corrected chi connectivity index (χ0v) is 12.1. The summed E-state index contributed by atoms with van der Waals surface area (Å²) >= 11 is 0. The first-order valence-corrected chi connectivity index (χ1v) is 7.21. The van der Waals surface area contributed by atoms with Crippen LogP contribution < -0.4 is 10.6 Å². The Morgan fingerprint density at radius 2 is 1.89 bits per heavy atom. The van der Waals surface area contributed by atoms with Crippen molar-refractivity contribution in [2.75, 3.05) is 0 Å². The molecule has 3 N–H and O–H groups in total. The monoisotopic (exact) mass is 270 g/mol. The van der Waals surface area contributed by atoms with Gasteiger partial charge in [0.1, 0.15) is 0 Å². The number of carboxylic acids is 1. The number of hydrogen-bond acceptors (Lipinski definition) is 2. The molecule has 5 nitrogen and oxygen atoms in total. The number of urea groups is 1. The maximum atomic E-state index is 11.8. The fraction of sp³-hybridized carbons (Fsp3) is 0.857. The fourth-order valence-electron chi connectivity index (χ4n) is 2.29. The second-order valence-corrected chi connectivity index (χ2v) is 5.81. The van der Waals surface area contributed by atoms with Crippen molar-refractivity contribution in [3.63, 3.8) is 0 Å². The van der Waals surface area contributed by atoms with Gasteiger partial charge in [-0.25, -0.2) is 4.79 Å². The third-order valence-electron chi connectivity index (χ3n) is 3.73. The molecule has 3 unspecified atom stereocenters. The lowest BCUT2D eigenvalue weighted by atomic mass is 10.0. The van der Waals surface area contributed by atoms with E-state index in [-0.39, 0.29) is 24.5 Å². The third kappa shape index (κ3) is 6.45. The van der Waals surface area contributed by atoms with Crippen molar-refractivity contribution in [2.24, 2.45) is 11.8 Å². The van der Waals surface area contributed by atoms with Gasteiger partial charge in [0.25, 0.3) is 0 Å². The minimum absolute atomic E-state index is 0.0117. The van der Waals surface area contributed by atoms with Crippen LogP contribution >= 0.6 is 0 Å². The van der Waals surface area contributed by atoms with Gasteiger partial charge in [0.05, 0.1) is 6.42 Å². The van der Waals surface area contributed by atoms with Crippen LogP contribution in [0.25, 0.3) is 0 Å². The molecule has 0 aromatic carbocycles. The first-order chi connectivity index (χ1) is 8.92. The van der Waals surface area contributed by atoms with Crippen molar-refractivity contribution >= 4 is 12.0 Å². The lowest BCUT2D eigenvalue weighted by Crippen LogP contribution is -2.47. The molecule has 2 amide bonds. The Balaban J connectivity index is 2.33. The maximum absolute atomic E-state index is 11.8. The van der Waals surface area contributed by atoms with Crippen molar-refractivity contribution in [2.45, 2.75) is 65.0 Å². The zero-order chi connectivity index (χ0) is 14.4. The Bertz CT molecular complexity index is 316. The molecule has 1 aliphatic carbocycles. The molecule has 1 aliphatic rings. The van der Waals surface area contributed by atoms with Crippen LogP contribution in [0.3, 0.4) is 0 Å². The third-order valence-corrected chi connectivity index (χ3v) is 3.73. The molecule has 0 saturated heterocycles. The van der Waals surface area contributed by atoms with E-state index in [0.717, 1.165) is 25.7 Å². The molecule has 0 radical (unpaired) electrons. The number of nitrogens with one attached hydrogen (secondary N) is 2. The van der Waals surface area contributed by atoms with E-state index in [1.165, 1.54) is 0 Å². The minimum atomic E-state index is -0.857. The Labute approximate surface area is 115 Å². The van der Waals surface area contributed by atoms with Gasteiger partial charge >= 0.3 is 12.0 Å². The zero-order valence-electron chi connectivity index (χ0n) is 12.1. The molecular formula is C14H26N2O3. The van der Waals surface area contributed by atoms with Crippen molar-refractivity contribution in [3.8, 4) is 0 Å². The predicted octanol–water partition coefficient (Wildman–Crippen LogP) is 2.36.